The molecule has 1 atom stereocenters. The third kappa shape index (κ3) is 5.00. The molecule has 0 radical (unpaired) electrons. The molecule has 11 heteroatoms. The van der Waals surface area contributed by atoms with Crippen molar-refractivity contribution in [1.82, 2.24) is 15.2 Å². The monoisotopic (exact) mass is 465 g/mol. The number of hydrazine groups is 1. The van der Waals surface area contributed by atoms with E-state index in [0.29, 0.717) is 30.9 Å². The van der Waals surface area contributed by atoms with Gasteiger partial charge < -0.3 is 9.47 Å². The SMILES string of the molecule is CCOc1ccc(C(=O)NNC(=O)C2CCCN2S(=O)(=O)c2ccc(F)cc2)cc1OC. The number of benzene rings is 2. The molecular weight excluding hydrogens is 441 g/mol. The lowest BCUT2D eigenvalue weighted by Gasteiger charge is -2.23. The predicted octanol–water partition coefficient (Wildman–Crippen LogP) is 1.85. The lowest BCUT2D eigenvalue weighted by Crippen LogP contribution is -2.51. The van der Waals surface area contributed by atoms with E-state index >= 15 is 0 Å². The van der Waals surface area contributed by atoms with Crippen LogP contribution in [0.15, 0.2) is 47.4 Å². The second-order valence-electron chi connectivity index (χ2n) is 6.97. The quantitative estimate of drug-likeness (QED) is 0.604. The number of nitrogens with zero attached hydrogens (tertiary/aromatic N) is 1. The molecule has 1 aliphatic rings. The van der Waals surface area contributed by atoms with Crippen LogP contribution in [0, 0.1) is 5.82 Å². The number of carbonyl (C=O) groups excluding carboxylic acids is 2. The van der Waals surface area contributed by atoms with Crippen molar-refractivity contribution >= 4 is 21.8 Å². The van der Waals surface area contributed by atoms with Gasteiger partial charge in [-0.1, -0.05) is 0 Å². The molecule has 1 saturated heterocycles. The number of carbonyl (C=O) groups is 2. The Morgan fingerprint density at radius 1 is 1.12 bits per heavy atom. The number of amides is 2. The zero-order chi connectivity index (χ0) is 23.3. The van der Waals surface area contributed by atoms with E-state index in [1.165, 1.54) is 19.2 Å². The highest BCUT2D eigenvalue weighted by molar-refractivity contribution is 7.89. The van der Waals surface area contributed by atoms with Gasteiger partial charge in [0.15, 0.2) is 11.5 Å². The summed E-state index contributed by atoms with van der Waals surface area (Å²) in [6.07, 6.45) is 0.765. The molecular formula is C21H24FN3O6S. The van der Waals surface area contributed by atoms with Gasteiger partial charge >= 0.3 is 0 Å². The molecule has 0 saturated carbocycles. The molecule has 3 rings (SSSR count). The second kappa shape index (κ2) is 9.96. The van der Waals surface area contributed by atoms with Crippen LogP contribution < -0.4 is 20.3 Å². The molecule has 1 heterocycles. The molecule has 0 bridgehead atoms. The van der Waals surface area contributed by atoms with Crippen LogP contribution in [0.4, 0.5) is 4.39 Å². The van der Waals surface area contributed by atoms with E-state index in [2.05, 4.69) is 10.9 Å². The molecule has 0 aliphatic carbocycles. The molecule has 0 spiro atoms. The first-order chi connectivity index (χ1) is 15.3. The lowest BCUT2D eigenvalue weighted by atomic mass is 10.2. The third-order valence-electron chi connectivity index (χ3n) is 4.95. The number of sulfonamides is 1. The number of hydrogen-bond acceptors (Lipinski definition) is 6. The van der Waals surface area contributed by atoms with Crippen LogP contribution in [0.25, 0.3) is 0 Å². The average molecular weight is 466 g/mol. The summed E-state index contributed by atoms with van der Waals surface area (Å²) < 4.78 is 50.6. The van der Waals surface area contributed by atoms with Crippen LogP contribution >= 0.6 is 0 Å². The van der Waals surface area contributed by atoms with Crippen molar-refractivity contribution in [3.63, 3.8) is 0 Å². The van der Waals surface area contributed by atoms with Crippen molar-refractivity contribution in [1.29, 1.82) is 0 Å². The van der Waals surface area contributed by atoms with Gasteiger partial charge in [-0.25, -0.2) is 12.8 Å². The van der Waals surface area contributed by atoms with Crippen molar-refractivity contribution in [2.75, 3.05) is 20.3 Å². The molecule has 1 unspecified atom stereocenters. The zero-order valence-corrected chi connectivity index (χ0v) is 18.4. The van der Waals surface area contributed by atoms with Crippen LogP contribution in [0.1, 0.15) is 30.1 Å². The van der Waals surface area contributed by atoms with Crippen LogP contribution in [0.3, 0.4) is 0 Å². The molecule has 2 aromatic carbocycles. The van der Waals surface area contributed by atoms with E-state index in [1.54, 1.807) is 6.07 Å². The first kappa shape index (κ1) is 23.5. The van der Waals surface area contributed by atoms with E-state index in [9.17, 15) is 22.4 Å². The van der Waals surface area contributed by atoms with Crippen molar-refractivity contribution in [2.45, 2.75) is 30.7 Å². The molecule has 1 aliphatic heterocycles. The van der Waals surface area contributed by atoms with Gasteiger partial charge in [0.2, 0.25) is 10.0 Å². The fourth-order valence-electron chi connectivity index (χ4n) is 3.39. The average Bonchev–Trinajstić information content (AvgIpc) is 3.29. The summed E-state index contributed by atoms with van der Waals surface area (Å²) in [6, 6.07) is 7.95. The normalized spacial score (nSPS) is 16.4. The number of halogens is 1. The summed E-state index contributed by atoms with van der Waals surface area (Å²) in [4.78, 5) is 25.0. The van der Waals surface area contributed by atoms with Gasteiger partial charge in [-0.05, 0) is 62.2 Å². The maximum atomic E-state index is 13.2. The number of rotatable bonds is 7. The minimum atomic E-state index is -4.00. The molecule has 9 nitrogen and oxygen atoms in total. The highest BCUT2D eigenvalue weighted by Crippen LogP contribution is 2.28. The Bertz CT molecular complexity index is 1090. The van der Waals surface area contributed by atoms with Gasteiger partial charge in [-0.15, -0.1) is 0 Å². The Labute approximate surface area is 185 Å². The van der Waals surface area contributed by atoms with Crippen LogP contribution in [0.2, 0.25) is 0 Å². The Balaban J connectivity index is 1.67. The highest BCUT2D eigenvalue weighted by atomic mass is 32.2. The highest BCUT2D eigenvalue weighted by Gasteiger charge is 2.39. The zero-order valence-electron chi connectivity index (χ0n) is 17.6. The summed E-state index contributed by atoms with van der Waals surface area (Å²) in [6.45, 7) is 2.39. The van der Waals surface area contributed by atoms with Crippen molar-refractivity contribution in [3.05, 3.63) is 53.8 Å². The molecule has 1 fully saturated rings. The maximum absolute atomic E-state index is 13.2. The maximum Gasteiger partial charge on any atom is 0.269 e. The van der Waals surface area contributed by atoms with Crippen molar-refractivity contribution < 1.29 is 31.9 Å². The van der Waals surface area contributed by atoms with E-state index in [4.69, 9.17) is 9.47 Å². The fraction of sp³-hybridized carbons (Fsp3) is 0.333. The predicted molar refractivity (Wildman–Crippen MR) is 113 cm³/mol. The van der Waals surface area contributed by atoms with Gasteiger partial charge in [-0.2, -0.15) is 4.31 Å². The number of ether oxygens (including phenoxy) is 2. The molecule has 2 aromatic rings. The van der Waals surface area contributed by atoms with Gasteiger partial charge in [0.25, 0.3) is 11.8 Å². The van der Waals surface area contributed by atoms with Crippen LogP contribution in [0.5, 0.6) is 11.5 Å². The minimum absolute atomic E-state index is 0.107. The Hall–Kier alpha value is -3.18. The van der Waals surface area contributed by atoms with Gasteiger partial charge in [-0.3, -0.25) is 20.4 Å². The Morgan fingerprint density at radius 3 is 2.50 bits per heavy atom. The van der Waals surface area contributed by atoms with E-state index in [-0.39, 0.29) is 17.0 Å². The van der Waals surface area contributed by atoms with Gasteiger partial charge in [0, 0.05) is 12.1 Å². The first-order valence-electron chi connectivity index (χ1n) is 9.96. The van der Waals surface area contributed by atoms with Crippen molar-refractivity contribution in [3.8, 4) is 11.5 Å². The molecule has 32 heavy (non-hydrogen) atoms. The lowest BCUT2D eigenvalue weighted by molar-refractivity contribution is -0.125. The Kier molecular flexibility index (Phi) is 7.31. The smallest absolute Gasteiger partial charge is 0.269 e. The largest absolute Gasteiger partial charge is 0.493 e. The van der Waals surface area contributed by atoms with E-state index < -0.39 is 33.7 Å². The Morgan fingerprint density at radius 2 is 1.84 bits per heavy atom. The second-order valence-corrected chi connectivity index (χ2v) is 8.86. The van der Waals surface area contributed by atoms with Crippen LogP contribution in [-0.2, 0) is 14.8 Å². The van der Waals surface area contributed by atoms with Gasteiger partial charge in [0.05, 0.1) is 18.6 Å². The first-order valence-corrected chi connectivity index (χ1v) is 11.4. The van der Waals surface area contributed by atoms with Crippen LogP contribution in [-0.4, -0.2) is 50.8 Å². The summed E-state index contributed by atoms with van der Waals surface area (Å²) in [5.41, 5.74) is 4.79. The molecule has 2 amide bonds. The standard InChI is InChI=1S/C21H24FN3O6S/c1-3-31-18-11-6-14(13-19(18)30-2)20(26)23-24-21(27)17-5-4-12-25(17)32(28,29)16-9-7-15(22)8-10-16/h6-11,13,17H,3-5,12H2,1-2H3,(H,23,26)(H,24,27). The molecule has 0 aromatic heterocycles. The number of hydrogen-bond donors (Lipinski definition) is 2. The van der Waals surface area contributed by atoms with E-state index in [1.807, 2.05) is 6.92 Å². The topological polar surface area (TPSA) is 114 Å². The summed E-state index contributed by atoms with van der Waals surface area (Å²) in [5.74, 6) is -1.00. The minimum Gasteiger partial charge on any atom is -0.493 e. The van der Waals surface area contributed by atoms with Gasteiger partial charge in [0.1, 0.15) is 11.9 Å². The molecule has 2 N–H and O–H groups in total. The number of methoxy groups -OCH3 is 1. The third-order valence-corrected chi connectivity index (χ3v) is 6.87. The fourth-order valence-corrected chi connectivity index (χ4v) is 5.05. The summed E-state index contributed by atoms with van der Waals surface area (Å²) in [5, 5.41) is 0. The van der Waals surface area contributed by atoms with Crippen molar-refractivity contribution in [2.24, 2.45) is 0 Å². The van der Waals surface area contributed by atoms with E-state index in [0.717, 1.165) is 28.6 Å². The summed E-state index contributed by atoms with van der Waals surface area (Å²) in [7, 11) is -2.55. The summed E-state index contributed by atoms with van der Waals surface area (Å²) >= 11 is 0. The number of nitrogens with one attached hydrogen (secondary N) is 2. The molecule has 172 valence electrons.